The Morgan fingerprint density at radius 2 is 1.55 bits per heavy atom. The molecule has 4 N–H and O–H groups in total. The summed E-state index contributed by atoms with van der Waals surface area (Å²) >= 11 is 1.75. The van der Waals surface area contributed by atoms with Crippen LogP contribution in [-0.2, 0) is 37.5 Å². The van der Waals surface area contributed by atoms with Gasteiger partial charge in [0.15, 0.2) is 6.29 Å². The zero-order valence-corrected chi connectivity index (χ0v) is 43.0. The van der Waals surface area contributed by atoms with Crippen LogP contribution in [0.25, 0.3) is 11.3 Å². The number of ether oxygens (including phenoxy) is 3. The number of thioether (sulfide) groups is 1. The Hall–Kier alpha value is -5.04. The van der Waals surface area contributed by atoms with Gasteiger partial charge in [-0.3, -0.25) is 19.4 Å². The lowest BCUT2D eigenvalue weighted by Crippen LogP contribution is -2.43. The number of halogens is 3. The van der Waals surface area contributed by atoms with E-state index in [0.29, 0.717) is 46.9 Å². The number of aliphatic hydroxyl groups excluding tert-OH is 2. The lowest BCUT2D eigenvalue weighted by molar-refractivity contribution is -0.179. The van der Waals surface area contributed by atoms with E-state index in [1.165, 1.54) is 29.3 Å². The minimum absolute atomic E-state index is 0.00904. The monoisotopic (exact) mass is 1010 g/mol. The van der Waals surface area contributed by atoms with Crippen molar-refractivity contribution >= 4 is 40.9 Å². The molecule has 1 atom stereocenters. The average molecular weight is 1010 g/mol. The maximum atomic E-state index is 14.0. The summed E-state index contributed by atoms with van der Waals surface area (Å²) in [6, 6.07) is 21.3. The molecular formula is C54H72F3N5O8S. The molecule has 0 radical (unpaired) electrons. The van der Waals surface area contributed by atoms with E-state index in [1.807, 2.05) is 71.0 Å². The summed E-state index contributed by atoms with van der Waals surface area (Å²) in [5.41, 5.74) is 2.55. The van der Waals surface area contributed by atoms with E-state index in [0.717, 1.165) is 62.2 Å². The number of nitrogens with zero attached hydrogens (tertiary/aromatic N) is 3. The highest BCUT2D eigenvalue weighted by Gasteiger charge is 2.31. The Labute approximate surface area is 421 Å². The number of amides is 3. The number of aliphatic hydroxyl groups is 2. The first-order chi connectivity index (χ1) is 33.5. The van der Waals surface area contributed by atoms with E-state index < -0.39 is 35.1 Å². The van der Waals surface area contributed by atoms with Crippen molar-refractivity contribution < 1.29 is 52.0 Å². The maximum Gasteiger partial charge on any atom is 0.416 e. The summed E-state index contributed by atoms with van der Waals surface area (Å²) in [6.07, 6.45) is 0.477. The zero-order chi connectivity index (χ0) is 51.8. The number of hydrogen-bond acceptors (Lipinski definition) is 11. The highest BCUT2D eigenvalue weighted by molar-refractivity contribution is 7.99. The number of carbonyl (C=O) groups excluding carboxylic acids is 3. The molecule has 4 aromatic rings. The second kappa shape index (κ2) is 26.1. The lowest BCUT2D eigenvalue weighted by atomic mass is 10.0. The molecule has 1 aliphatic heterocycles. The Balaban J connectivity index is 1.19. The van der Waals surface area contributed by atoms with E-state index in [1.54, 1.807) is 23.9 Å². The Bertz CT molecular complexity index is 2370. The Morgan fingerprint density at radius 1 is 0.831 bits per heavy atom. The van der Waals surface area contributed by atoms with Crippen molar-refractivity contribution in [3.63, 3.8) is 0 Å². The van der Waals surface area contributed by atoms with Crippen LogP contribution < -0.4 is 15.5 Å². The smallest absolute Gasteiger partial charge is 0.394 e. The van der Waals surface area contributed by atoms with Gasteiger partial charge < -0.3 is 44.9 Å². The zero-order valence-electron chi connectivity index (χ0n) is 42.2. The van der Waals surface area contributed by atoms with Crippen molar-refractivity contribution in [1.82, 2.24) is 15.2 Å². The Kier molecular flexibility index (Phi) is 20.9. The quantitative estimate of drug-likeness (QED) is 0.0369. The van der Waals surface area contributed by atoms with Crippen LogP contribution in [-0.4, -0.2) is 113 Å². The molecule has 3 aromatic carbocycles. The van der Waals surface area contributed by atoms with Crippen LogP contribution in [0.3, 0.4) is 0 Å². The third kappa shape index (κ3) is 19.1. The van der Waals surface area contributed by atoms with Crippen LogP contribution in [0.2, 0.25) is 0 Å². The normalized spacial score (nSPS) is 14.0. The summed E-state index contributed by atoms with van der Waals surface area (Å²) in [7, 11) is 0. The number of anilines is 2. The third-order valence-corrected chi connectivity index (χ3v) is 13.4. The molecule has 2 heterocycles. The first-order valence-electron chi connectivity index (χ1n) is 24.3. The number of rotatable bonds is 25. The van der Waals surface area contributed by atoms with Gasteiger partial charge in [0.05, 0.1) is 54.5 Å². The molecule has 13 nitrogen and oxygen atoms in total. The second-order valence-corrected chi connectivity index (χ2v) is 21.7. The molecule has 1 saturated heterocycles. The maximum absolute atomic E-state index is 14.0. The molecule has 0 aliphatic carbocycles. The van der Waals surface area contributed by atoms with Crippen LogP contribution in [0.4, 0.5) is 24.5 Å². The molecule has 0 saturated carbocycles. The predicted octanol–water partition coefficient (Wildman–Crippen LogP) is 9.89. The van der Waals surface area contributed by atoms with Gasteiger partial charge in [0.25, 0.3) is 11.8 Å². The highest BCUT2D eigenvalue weighted by Crippen LogP contribution is 2.35. The van der Waals surface area contributed by atoms with Crippen molar-refractivity contribution in [2.75, 3.05) is 62.8 Å². The summed E-state index contributed by atoms with van der Waals surface area (Å²) in [5.74, 6) is -0.326. The molecule has 1 aromatic heterocycles. The largest absolute Gasteiger partial charge is 0.416 e. The number of carbonyl (C=O) groups is 3. The lowest BCUT2D eigenvalue weighted by Gasteiger charge is -2.31. The first-order valence-corrected chi connectivity index (χ1v) is 25.3. The summed E-state index contributed by atoms with van der Waals surface area (Å²) in [4.78, 5) is 49.1. The number of nitrogens with one attached hydrogen (secondary N) is 2. The SMILES string of the molecule is CC(C)(C)OC(O)CN(CCOCCO)C(=O)CCC(C)(C)OCCC(C)(C)SCc1cccc(C(=O)Nc2ccc(N3CCCCC3)cc2-c2cc(C(=O)NCc3cccc(C(F)(F)F)c3)ccn2)c1. The van der Waals surface area contributed by atoms with Gasteiger partial charge >= 0.3 is 6.18 Å². The van der Waals surface area contributed by atoms with E-state index in [-0.39, 0.29) is 68.0 Å². The van der Waals surface area contributed by atoms with Gasteiger partial charge in [0.1, 0.15) is 0 Å². The third-order valence-electron chi connectivity index (χ3n) is 11.9. The average Bonchev–Trinajstić information content (AvgIpc) is 3.32. The first kappa shape index (κ1) is 56.9. The molecule has 1 aliphatic rings. The van der Waals surface area contributed by atoms with Crippen LogP contribution in [0, 0.1) is 0 Å². The van der Waals surface area contributed by atoms with E-state index in [4.69, 9.17) is 19.3 Å². The van der Waals surface area contributed by atoms with Gasteiger partial charge in [-0.05, 0) is 132 Å². The summed E-state index contributed by atoms with van der Waals surface area (Å²) in [5, 5.41) is 25.4. The molecule has 1 unspecified atom stereocenters. The van der Waals surface area contributed by atoms with Crippen molar-refractivity contribution in [3.8, 4) is 11.3 Å². The van der Waals surface area contributed by atoms with Crippen LogP contribution in [0.1, 0.15) is 124 Å². The van der Waals surface area contributed by atoms with Gasteiger partial charge in [-0.25, -0.2) is 0 Å². The van der Waals surface area contributed by atoms with Gasteiger partial charge in [0, 0.05) is 78.3 Å². The van der Waals surface area contributed by atoms with Gasteiger partial charge in [0.2, 0.25) is 5.91 Å². The van der Waals surface area contributed by atoms with Crippen molar-refractivity contribution in [3.05, 3.63) is 113 Å². The Morgan fingerprint density at radius 3 is 2.27 bits per heavy atom. The minimum atomic E-state index is -4.50. The van der Waals surface area contributed by atoms with Crippen molar-refractivity contribution in [1.29, 1.82) is 0 Å². The molecule has 5 rings (SSSR count). The number of pyridine rings is 1. The topological polar surface area (TPSA) is 163 Å². The standard InChI is InChI=1S/C54H72F3N5O8S/c1-51(2,3)70-48(65)36-62(26-29-68-30-27-63)47(64)19-21-52(4,5)69-28-22-53(6,7)71-37-39-14-11-15-40(31-39)50(67)60-45-18-17-43(61-24-9-8-10-25-61)34-44(45)46-33-41(20-23-58-46)49(66)59-35-38-13-12-16-42(32-38)54(55,56)57/h11-18,20,23,31-34,48,63,65H,8-10,19,21-22,24-30,35-37H2,1-7H3,(H,59,66)(H,60,67). The van der Waals surface area contributed by atoms with Crippen LogP contribution in [0.5, 0.6) is 0 Å². The van der Waals surface area contributed by atoms with Gasteiger partial charge in [-0.2, -0.15) is 24.9 Å². The number of alkyl halides is 3. The van der Waals surface area contributed by atoms with Crippen LogP contribution >= 0.6 is 11.8 Å². The second-order valence-electron chi connectivity index (χ2n) is 20.0. The fraction of sp³-hybridized carbons (Fsp3) is 0.519. The van der Waals surface area contributed by atoms with Crippen molar-refractivity contribution in [2.24, 2.45) is 0 Å². The van der Waals surface area contributed by atoms with E-state index in [9.17, 15) is 32.7 Å². The van der Waals surface area contributed by atoms with Gasteiger partial charge in [-0.15, -0.1) is 0 Å². The summed E-state index contributed by atoms with van der Waals surface area (Å²) in [6.45, 7) is 16.3. The molecular weight excluding hydrogens is 936 g/mol. The van der Waals surface area contributed by atoms with Gasteiger partial charge in [-0.1, -0.05) is 38.1 Å². The predicted molar refractivity (Wildman–Crippen MR) is 273 cm³/mol. The molecule has 0 bridgehead atoms. The molecule has 388 valence electrons. The minimum Gasteiger partial charge on any atom is -0.394 e. The molecule has 71 heavy (non-hydrogen) atoms. The van der Waals surface area contributed by atoms with E-state index in [2.05, 4.69) is 34.4 Å². The molecule has 17 heteroatoms. The number of piperidine rings is 1. The van der Waals surface area contributed by atoms with Crippen LogP contribution in [0.15, 0.2) is 85.1 Å². The molecule has 3 amide bonds. The van der Waals surface area contributed by atoms with Crippen molar-refractivity contribution in [2.45, 2.75) is 128 Å². The fourth-order valence-corrected chi connectivity index (χ4v) is 8.88. The molecule has 0 spiro atoms. The van der Waals surface area contributed by atoms with E-state index >= 15 is 0 Å². The number of hydrogen-bond donors (Lipinski definition) is 4. The molecule has 1 fully saturated rings. The highest BCUT2D eigenvalue weighted by atomic mass is 32.2. The summed E-state index contributed by atoms with van der Waals surface area (Å²) < 4.78 is 57.1. The number of benzene rings is 3. The fourth-order valence-electron chi connectivity index (χ4n) is 7.92. The number of aromatic nitrogens is 1.